The Morgan fingerprint density at radius 3 is 2.50 bits per heavy atom. The molecule has 2 N–H and O–H groups in total. The first-order valence-corrected chi connectivity index (χ1v) is 5.84. The summed E-state index contributed by atoms with van der Waals surface area (Å²) in [7, 11) is 1.97. The minimum Gasteiger partial charge on any atom is -0.357 e. The Labute approximate surface area is 107 Å². The topological polar surface area (TPSA) is 51.4 Å². The van der Waals surface area contributed by atoms with Gasteiger partial charge in [0.15, 0.2) is 0 Å². The maximum absolute atomic E-state index is 5.38. The van der Waals surface area contributed by atoms with Crippen LogP contribution in [0.25, 0.3) is 0 Å². The first-order valence-electron chi connectivity index (χ1n) is 5.84. The highest BCUT2D eigenvalue weighted by molar-refractivity contribution is 5.37. The van der Waals surface area contributed by atoms with Crippen LogP contribution in [0.5, 0.6) is 0 Å². The van der Waals surface area contributed by atoms with E-state index in [0.717, 1.165) is 11.4 Å². The molecule has 1 unspecified atom stereocenters. The number of pyridine rings is 1. The van der Waals surface area contributed by atoms with Gasteiger partial charge in [-0.2, -0.15) is 0 Å². The molecule has 2 aromatic rings. The first kappa shape index (κ1) is 12.5. The number of nitrogens with two attached hydrogens (primary N) is 1. The van der Waals surface area contributed by atoms with Crippen LogP contribution in [0.4, 0.5) is 5.82 Å². The molecule has 0 fully saturated rings. The molecule has 0 radical (unpaired) electrons. The summed E-state index contributed by atoms with van der Waals surface area (Å²) in [5.74, 6) is 6.28. The van der Waals surface area contributed by atoms with E-state index in [2.05, 4.69) is 4.98 Å². The van der Waals surface area contributed by atoms with Crippen molar-refractivity contribution in [3.63, 3.8) is 0 Å². The smallest absolute Gasteiger partial charge is 0.128 e. The zero-order chi connectivity index (χ0) is 12.8. The summed E-state index contributed by atoms with van der Waals surface area (Å²) in [6.07, 6.45) is 1.60. The number of benzene rings is 1. The maximum atomic E-state index is 5.38. The number of likely N-dealkylation sites (N-methyl/N-ethyl adjacent to an activating group) is 1. The average molecular weight is 243 g/mol. The molecule has 0 aliphatic heterocycles. The fraction of sp³-hybridized carbons (Fsp3) is 0.214. The summed E-state index contributed by atoms with van der Waals surface area (Å²) < 4.78 is 0. The van der Waals surface area contributed by atoms with E-state index in [9.17, 15) is 0 Å². The molecule has 1 heterocycles. The van der Waals surface area contributed by atoms with Gasteiger partial charge in [0.1, 0.15) is 11.9 Å². The van der Waals surface area contributed by atoms with Gasteiger partial charge >= 0.3 is 0 Å². The predicted molar refractivity (Wildman–Crippen MR) is 72.0 cm³/mol. The largest absolute Gasteiger partial charge is 0.357 e. The number of aromatic nitrogens is 1. The van der Waals surface area contributed by atoms with E-state index in [-0.39, 0.29) is 6.10 Å². The molecule has 0 saturated heterocycles. The van der Waals surface area contributed by atoms with Gasteiger partial charge in [-0.25, -0.2) is 10.9 Å². The quantitative estimate of drug-likeness (QED) is 0.817. The second kappa shape index (κ2) is 6.14. The average Bonchev–Trinajstić information content (AvgIpc) is 2.46. The third-order valence-corrected chi connectivity index (χ3v) is 2.82. The van der Waals surface area contributed by atoms with Crippen molar-refractivity contribution in [2.75, 3.05) is 18.5 Å². The minimum atomic E-state index is -0.168. The number of rotatable bonds is 5. The molecule has 18 heavy (non-hydrogen) atoms. The molecule has 1 atom stereocenters. The molecule has 0 saturated carbocycles. The highest BCUT2D eigenvalue weighted by Crippen LogP contribution is 2.18. The van der Waals surface area contributed by atoms with Crippen molar-refractivity contribution in [1.82, 2.24) is 4.98 Å². The van der Waals surface area contributed by atoms with Gasteiger partial charge in [-0.3, -0.25) is 4.84 Å². The third kappa shape index (κ3) is 3.06. The lowest BCUT2D eigenvalue weighted by Gasteiger charge is -2.23. The van der Waals surface area contributed by atoms with Gasteiger partial charge < -0.3 is 4.90 Å². The Bertz CT molecular complexity index is 461. The number of hydrogen-bond donors (Lipinski definition) is 1. The van der Waals surface area contributed by atoms with Gasteiger partial charge in [-0.1, -0.05) is 36.4 Å². The Morgan fingerprint density at radius 2 is 1.89 bits per heavy atom. The molecule has 0 aliphatic rings. The lowest BCUT2D eigenvalue weighted by atomic mass is 10.1. The van der Waals surface area contributed by atoms with Crippen molar-refractivity contribution in [3.8, 4) is 0 Å². The van der Waals surface area contributed by atoms with E-state index in [1.807, 2.05) is 60.5 Å². The van der Waals surface area contributed by atoms with Gasteiger partial charge in [-0.05, 0) is 17.7 Å². The fourth-order valence-electron chi connectivity index (χ4n) is 1.82. The second-order valence-corrected chi connectivity index (χ2v) is 4.10. The molecule has 4 nitrogen and oxygen atoms in total. The molecule has 94 valence electrons. The fourth-order valence-corrected chi connectivity index (χ4v) is 1.82. The van der Waals surface area contributed by atoms with Crippen LogP contribution in [-0.2, 0) is 4.84 Å². The Morgan fingerprint density at radius 1 is 1.17 bits per heavy atom. The molecular weight excluding hydrogens is 226 g/mol. The highest BCUT2D eigenvalue weighted by Gasteiger charge is 2.14. The van der Waals surface area contributed by atoms with Gasteiger partial charge in [0.25, 0.3) is 0 Å². The van der Waals surface area contributed by atoms with E-state index < -0.39 is 0 Å². The van der Waals surface area contributed by atoms with Crippen LogP contribution in [0.2, 0.25) is 0 Å². The van der Waals surface area contributed by atoms with E-state index >= 15 is 0 Å². The van der Waals surface area contributed by atoms with E-state index in [0.29, 0.717) is 6.54 Å². The van der Waals surface area contributed by atoms with Crippen LogP contribution in [0.15, 0.2) is 54.7 Å². The molecule has 1 aromatic heterocycles. The Balaban J connectivity index is 2.07. The van der Waals surface area contributed by atoms with Crippen LogP contribution < -0.4 is 10.8 Å². The Hall–Kier alpha value is -1.91. The monoisotopic (exact) mass is 243 g/mol. The lowest BCUT2D eigenvalue weighted by Crippen LogP contribution is -2.27. The summed E-state index contributed by atoms with van der Waals surface area (Å²) in [5.41, 5.74) is 1.06. The van der Waals surface area contributed by atoms with Crippen LogP contribution >= 0.6 is 0 Å². The van der Waals surface area contributed by atoms with Gasteiger partial charge in [0.2, 0.25) is 0 Å². The van der Waals surface area contributed by atoms with Crippen LogP contribution in [0.1, 0.15) is 11.7 Å². The minimum absolute atomic E-state index is 0.168. The normalized spacial score (nSPS) is 12.1. The van der Waals surface area contributed by atoms with Crippen molar-refractivity contribution in [1.29, 1.82) is 0 Å². The van der Waals surface area contributed by atoms with Crippen molar-refractivity contribution in [2.24, 2.45) is 5.90 Å². The predicted octanol–water partition coefficient (Wildman–Crippen LogP) is 2.15. The van der Waals surface area contributed by atoms with E-state index in [1.165, 1.54) is 0 Å². The van der Waals surface area contributed by atoms with Crippen molar-refractivity contribution < 1.29 is 4.84 Å². The van der Waals surface area contributed by atoms with E-state index in [4.69, 9.17) is 10.7 Å². The molecular formula is C14H17N3O. The number of anilines is 1. The number of nitrogens with zero attached hydrogens (tertiary/aromatic N) is 2. The third-order valence-electron chi connectivity index (χ3n) is 2.82. The molecule has 0 aliphatic carbocycles. The second-order valence-electron chi connectivity index (χ2n) is 4.10. The van der Waals surface area contributed by atoms with Crippen LogP contribution in [0.3, 0.4) is 0 Å². The van der Waals surface area contributed by atoms with Crippen LogP contribution in [0, 0.1) is 0 Å². The first-order chi connectivity index (χ1) is 8.81. The molecule has 4 heteroatoms. The summed E-state index contributed by atoms with van der Waals surface area (Å²) in [5, 5.41) is 0. The summed E-state index contributed by atoms with van der Waals surface area (Å²) in [6, 6.07) is 15.7. The maximum Gasteiger partial charge on any atom is 0.128 e. The van der Waals surface area contributed by atoms with E-state index in [1.54, 1.807) is 6.20 Å². The molecule has 0 spiro atoms. The molecule has 2 rings (SSSR count). The number of hydrogen-bond acceptors (Lipinski definition) is 4. The zero-order valence-corrected chi connectivity index (χ0v) is 10.4. The van der Waals surface area contributed by atoms with Gasteiger partial charge in [-0.15, -0.1) is 0 Å². The van der Waals surface area contributed by atoms with Crippen molar-refractivity contribution in [3.05, 3.63) is 60.3 Å². The zero-order valence-electron chi connectivity index (χ0n) is 10.4. The molecule has 1 aromatic carbocycles. The lowest BCUT2D eigenvalue weighted by molar-refractivity contribution is 0.0581. The standard InChI is InChI=1S/C14H17N3O/c1-17(14-9-5-6-10-16-14)11-13(18-15)12-7-3-2-4-8-12/h2-10,13H,11,15H2,1H3. The summed E-state index contributed by atoms with van der Waals surface area (Å²) >= 11 is 0. The summed E-state index contributed by atoms with van der Waals surface area (Å²) in [4.78, 5) is 11.4. The van der Waals surface area contributed by atoms with Crippen molar-refractivity contribution >= 4 is 5.82 Å². The molecule has 0 bridgehead atoms. The van der Waals surface area contributed by atoms with Crippen LogP contribution in [-0.4, -0.2) is 18.6 Å². The summed E-state index contributed by atoms with van der Waals surface area (Å²) in [6.45, 7) is 0.650. The van der Waals surface area contributed by atoms with Gasteiger partial charge in [0, 0.05) is 13.2 Å². The van der Waals surface area contributed by atoms with Gasteiger partial charge in [0.05, 0.1) is 6.54 Å². The SMILES string of the molecule is CN(CC(ON)c1ccccc1)c1ccccn1. The molecule has 0 amide bonds. The Kier molecular flexibility index (Phi) is 4.28. The highest BCUT2D eigenvalue weighted by atomic mass is 16.6. The van der Waals surface area contributed by atoms with Crippen molar-refractivity contribution in [2.45, 2.75) is 6.10 Å².